The molecule has 304 valence electrons. The van der Waals surface area contributed by atoms with Crippen LogP contribution in [-0.4, -0.2) is 89.3 Å². The molecular weight excluding hydrogens is 739 g/mol. The van der Waals surface area contributed by atoms with E-state index < -0.39 is 73.8 Å². The van der Waals surface area contributed by atoms with E-state index in [1.165, 1.54) is 4.90 Å². The maximum Gasteiger partial charge on any atom is 0.408 e. The van der Waals surface area contributed by atoms with Gasteiger partial charge < -0.3 is 29.7 Å². The molecule has 2 saturated carbocycles. The highest BCUT2D eigenvalue weighted by Crippen LogP contribution is 2.48. The van der Waals surface area contributed by atoms with Crippen LogP contribution in [-0.2, 0) is 35.6 Å². The van der Waals surface area contributed by atoms with Gasteiger partial charge in [-0.05, 0) is 102 Å². The van der Waals surface area contributed by atoms with Crippen molar-refractivity contribution in [2.75, 3.05) is 13.2 Å². The molecule has 0 unspecified atom stereocenters. The number of hydrogen-bond donors (Lipinski definition) is 3. The number of carbonyl (C=O) groups is 4. The van der Waals surface area contributed by atoms with Gasteiger partial charge in [0, 0.05) is 23.3 Å². The van der Waals surface area contributed by atoms with Gasteiger partial charge in [0.2, 0.25) is 33.6 Å². The summed E-state index contributed by atoms with van der Waals surface area (Å²) in [5.41, 5.74) is -1.35. The van der Waals surface area contributed by atoms with Crippen LogP contribution in [0.5, 0.6) is 11.8 Å². The van der Waals surface area contributed by atoms with Crippen LogP contribution < -0.4 is 24.8 Å². The van der Waals surface area contributed by atoms with Crippen LogP contribution >= 0.6 is 0 Å². The Labute approximate surface area is 328 Å². The number of pyridine rings is 1. The van der Waals surface area contributed by atoms with Crippen LogP contribution in [0.2, 0.25) is 0 Å². The molecule has 1 aromatic carbocycles. The third-order valence-corrected chi connectivity index (χ3v) is 14.1. The Balaban J connectivity index is 1.24. The molecule has 4 heterocycles. The third kappa shape index (κ3) is 8.05. The Morgan fingerprint density at radius 3 is 2.54 bits per heavy atom. The summed E-state index contributed by atoms with van der Waals surface area (Å²) in [7, 11) is -4.00. The molecule has 3 aliphatic heterocycles. The van der Waals surface area contributed by atoms with Crippen molar-refractivity contribution in [2.45, 2.75) is 133 Å². The molecule has 7 rings (SSSR count). The molecule has 1 saturated heterocycles. The summed E-state index contributed by atoms with van der Waals surface area (Å²) >= 11 is 0. The van der Waals surface area contributed by atoms with Gasteiger partial charge in [-0.25, -0.2) is 13.2 Å². The molecule has 14 nitrogen and oxygen atoms in total. The zero-order valence-corrected chi connectivity index (χ0v) is 34.0. The van der Waals surface area contributed by atoms with Gasteiger partial charge >= 0.3 is 6.09 Å². The van der Waals surface area contributed by atoms with E-state index in [4.69, 9.17) is 19.2 Å². The van der Waals surface area contributed by atoms with Crippen molar-refractivity contribution >= 4 is 44.6 Å². The molecule has 15 heteroatoms. The fourth-order valence-electron chi connectivity index (χ4n) is 8.33. The summed E-state index contributed by atoms with van der Waals surface area (Å²) in [6.45, 7) is 11.3. The molecule has 2 aromatic rings. The second-order valence-electron chi connectivity index (χ2n) is 17.8. The number of fused-ring (bicyclic) bond motifs is 5. The highest BCUT2D eigenvalue weighted by molar-refractivity contribution is 7.91. The van der Waals surface area contributed by atoms with Crippen LogP contribution in [0.1, 0.15) is 98.5 Å². The predicted molar refractivity (Wildman–Crippen MR) is 208 cm³/mol. The zero-order valence-electron chi connectivity index (χ0n) is 33.2. The first-order valence-corrected chi connectivity index (χ1v) is 21.4. The highest BCUT2D eigenvalue weighted by Gasteiger charge is 2.63. The lowest BCUT2D eigenvalue weighted by molar-refractivity contribution is -0.142. The van der Waals surface area contributed by atoms with E-state index in [9.17, 15) is 27.6 Å². The largest absolute Gasteiger partial charge is 0.477 e. The summed E-state index contributed by atoms with van der Waals surface area (Å²) in [5.74, 6) is -1.73. The summed E-state index contributed by atoms with van der Waals surface area (Å²) in [5, 5.41) is 7.48. The molecule has 3 N–H and O–H groups in total. The lowest BCUT2D eigenvalue weighted by Crippen LogP contribution is -2.59. The van der Waals surface area contributed by atoms with Crippen molar-refractivity contribution in [2.24, 2.45) is 17.8 Å². The smallest absolute Gasteiger partial charge is 0.408 e. The normalized spacial score (nSPS) is 30.9. The molecule has 56 heavy (non-hydrogen) atoms. The number of nitrogens with zero attached hydrogens (tertiary/aromatic N) is 2. The molecule has 3 fully saturated rings. The number of aromatic nitrogens is 1. The fraction of sp³-hybridized carbons (Fsp3) is 0.634. The quantitative estimate of drug-likeness (QED) is 0.347. The Kier molecular flexibility index (Phi) is 10.5. The number of alkyl carbamates (subject to hydrolysis) is 1. The van der Waals surface area contributed by atoms with Gasteiger partial charge in [0.05, 0.1) is 17.9 Å². The Hall–Kier alpha value is -4.40. The van der Waals surface area contributed by atoms with E-state index in [1.807, 2.05) is 43.3 Å². The van der Waals surface area contributed by atoms with Crippen LogP contribution in [0.4, 0.5) is 4.79 Å². The van der Waals surface area contributed by atoms with E-state index in [0.29, 0.717) is 44.1 Å². The second kappa shape index (κ2) is 14.8. The highest BCUT2D eigenvalue weighted by atomic mass is 32.2. The van der Waals surface area contributed by atoms with Gasteiger partial charge in [0.25, 0.3) is 5.91 Å². The molecular formula is C41H55N5O9S. The van der Waals surface area contributed by atoms with E-state index in [2.05, 4.69) is 22.3 Å². The molecule has 0 bridgehead atoms. The minimum absolute atomic E-state index is 0.0189. The van der Waals surface area contributed by atoms with Crippen molar-refractivity contribution in [3.05, 3.63) is 42.0 Å². The number of carbonyl (C=O) groups excluding carboxylic acids is 4. The average molecular weight is 794 g/mol. The first kappa shape index (κ1) is 39.8. The lowest BCUT2D eigenvalue weighted by atomic mass is 9.88. The number of benzene rings is 1. The molecule has 2 aliphatic carbocycles. The summed E-state index contributed by atoms with van der Waals surface area (Å²) in [6, 6.07) is 5.58. The standard InChI is InChI=1S/C41H55N5O9S/c1-24-12-7-8-13-26-22-41(26,37(49)45-56(51,52)40(6)17-18-40)44-33(47)31-21-27(23-46(31)36(48)32(25(2)20-24)42-38(50)55-39(3,4)5)54-35-30-15-10-9-14-28(30)29-16-11-19-53-34(29)43-35/h8-10,13-15,24-27,31-32H,7,11-12,16-23H2,1-6H3,(H,42,50)(H,44,47)(H,45,49)/b13-8-/t24-,25+,26+,27+,31-,32-,41+/m0/s1. The zero-order chi connectivity index (χ0) is 40.2. The van der Waals surface area contributed by atoms with Gasteiger partial charge in [-0.15, -0.1) is 0 Å². The number of rotatable bonds is 6. The number of allylic oxidation sites excluding steroid dienone is 1. The predicted octanol–water partition coefficient (Wildman–Crippen LogP) is 4.69. The number of aryl methyl sites for hydroxylation is 1. The monoisotopic (exact) mass is 793 g/mol. The fourth-order valence-corrected chi connectivity index (χ4v) is 9.64. The number of ether oxygens (including phenoxy) is 3. The van der Waals surface area contributed by atoms with Crippen molar-refractivity contribution in [1.82, 2.24) is 25.2 Å². The van der Waals surface area contributed by atoms with Crippen molar-refractivity contribution < 1.29 is 41.8 Å². The minimum atomic E-state index is -4.00. The van der Waals surface area contributed by atoms with Crippen molar-refractivity contribution in [1.29, 1.82) is 0 Å². The lowest BCUT2D eigenvalue weighted by Gasteiger charge is -2.33. The van der Waals surface area contributed by atoms with Crippen molar-refractivity contribution in [3.63, 3.8) is 0 Å². The number of sulfonamides is 1. The topological polar surface area (TPSA) is 182 Å². The number of amides is 4. The summed E-state index contributed by atoms with van der Waals surface area (Å²) in [4.78, 5) is 62.8. The number of hydrogen-bond acceptors (Lipinski definition) is 10. The second-order valence-corrected chi connectivity index (χ2v) is 20.0. The Bertz CT molecular complexity index is 2040. The third-order valence-electron chi connectivity index (χ3n) is 12.0. The maximum atomic E-state index is 14.9. The SMILES string of the molecule is C[C@H]1CC/C=C\[C@@H]2C[C@@]2(C(=O)NS(=O)(=O)C2(C)CC2)NC(=O)[C@@H]2C[C@@H](Oc3nc4c(c5ccccc35)CCCO4)CN2C(=O)[C@@H](NC(=O)OC(C)(C)C)[C@H](C)C1. The van der Waals surface area contributed by atoms with Gasteiger partial charge in [-0.1, -0.05) is 44.2 Å². The Morgan fingerprint density at radius 1 is 1.09 bits per heavy atom. The van der Waals surface area contributed by atoms with E-state index in [1.54, 1.807) is 27.7 Å². The van der Waals surface area contributed by atoms with E-state index in [-0.39, 0.29) is 31.2 Å². The first-order valence-electron chi connectivity index (χ1n) is 20.0. The molecule has 0 radical (unpaired) electrons. The van der Waals surface area contributed by atoms with Crippen LogP contribution in [0.3, 0.4) is 0 Å². The summed E-state index contributed by atoms with van der Waals surface area (Å²) in [6.07, 6.45) is 7.24. The van der Waals surface area contributed by atoms with Gasteiger partial charge in [-0.2, -0.15) is 4.98 Å². The minimum Gasteiger partial charge on any atom is -0.477 e. The maximum absolute atomic E-state index is 14.9. The van der Waals surface area contributed by atoms with Crippen LogP contribution in [0.15, 0.2) is 36.4 Å². The molecule has 0 spiro atoms. The van der Waals surface area contributed by atoms with Gasteiger partial charge in [0.15, 0.2) is 0 Å². The van der Waals surface area contributed by atoms with Gasteiger partial charge in [0.1, 0.15) is 29.3 Å². The molecule has 7 atom stereocenters. The van der Waals surface area contributed by atoms with Crippen LogP contribution in [0, 0.1) is 17.8 Å². The average Bonchev–Trinajstić information content (AvgIpc) is 4.01. The Morgan fingerprint density at radius 2 is 1.82 bits per heavy atom. The van der Waals surface area contributed by atoms with E-state index >= 15 is 0 Å². The molecule has 1 aromatic heterocycles. The molecule has 5 aliphatic rings. The van der Waals surface area contributed by atoms with Crippen LogP contribution in [0.25, 0.3) is 10.8 Å². The molecule has 4 amide bonds. The van der Waals surface area contributed by atoms with Crippen molar-refractivity contribution in [3.8, 4) is 11.8 Å². The van der Waals surface area contributed by atoms with Gasteiger partial charge in [-0.3, -0.25) is 19.1 Å². The summed E-state index contributed by atoms with van der Waals surface area (Å²) < 4.78 is 45.8. The van der Waals surface area contributed by atoms with E-state index in [0.717, 1.165) is 35.6 Å². The first-order chi connectivity index (χ1) is 26.4. The number of nitrogens with one attached hydrogen (secondary N) is 3.